The Kier molecular flexibility index (Phi) is 3.43. The fourth-order valence-corrected chi connectivity index (χ4v) is 2.40. The average molecular weight is 288 g/mol. The van der Waals surface area contributed by atoms with E-state index in [4.69, 9.17) is 0 Å². The zero-order valence-corrected chi connectivity index (χ0v) is 10.1. The van der Waals surface area contributed by atoms with Crippen LogP contribution in [-0.4, -0.2) is 13.4 Å². The number of rotatable bonds is 3. The molecule has 1 aromatic heterocycles. The molecule has 0 unspecified atom stereocenters. The molecule has 1 N–H and O–H groups in total. The first kappa shape index (κ1) is 13.3. The van der Waals surface area contributed by atoms with Gasteiger partial charge in [0, 0.05) is 12.3 Å². The number of aromatic nitrogens is 1. The monoisotopic (exact) mass is 288 g/mol. The van der Waals surface area contributed by atoms with Crippen molar-refractivity contribution >= 4 is 15.7 Å². The lowest BCUT2D eigenvalue weighted by molar-refractivity contribution is 0.556. The molecule has 0 bridgehead atoms. The summed E-state index contributed by atoms with van der Waals surface area (Å²) in [6, 6.07) is 4.32. The third-order valence-corrected chi connectivity index (χ3v) is 3.45. The van der Waals surface area contributed by atoms with Crippen LogP contribution in [0.2, 0.25) is 0 Å². The number of halogens is 3. The molecular weight excluding hydrogens is 281 g/mol. The highest BCUT2D eigenvalue weighted by molar-refractivity contribution is 7.92. The van der Waals surface area contributed by atoms with Crippen molar-refractivity contribution in [2.24, 2.45) is 0 Å². The highest BCUT2D eigenvalue weighted by atomic mass is 32.2. The topological polar surface area (TPSA) is 59.1 Å². The average Bonchev–Trinajstić information content (AvgIpc) is 2.34. The van der Waals surface area contributed by atoms with E-state index in [9.17, 15) is 21.6 Å². The second kappa shape index (κ2) is 4.88. The lowest BCUT2D eigenvalue weighted by Crippen LogP contribution is -2.17. The van der Waals surface area contributed by atoms with Crippen LogP contribution in [0.3, 0.4) is 0 Å². The van der Waals surface area contributed by atoms with Crippen molar-refractivity contribution in [3.05, 3.63) is 54.0 Å². The second-order valence-corrected chi connectivity index (χ2v) is 5.12. The quantitative estimate of drug-likeness (QED) is 0.942. The summed E-state index contributed by atoms with van der Waals surface area (Å²) in [6.07, 6.45) is 1.07. The molecule has 0 radical (unpaired) electrons. The second-order valence-electron chi connectivity index (χ2n) is 3.52. The largest absolute Gasteiger partial charge is 0.282 e. The predicted molar refractivity (Wildman–Crippen MR) is 61.4 cm³/mol. The Morgan fingerprint density at radius 3 is 2.47 bits per heavy atom. The summed E-state index contributed by atoms with van der Waals surface area (Å²) in [6.45, 7) is 0. The lowest BCUT2D eigenvalue weighted by Gasteiger charge is -2.08. The molecule has 19 heavy (non-hydrogen) atoms. The Hall–Kier alpha value is -2.09. The molecule has 2 aromatic rings. The zero-order chi connectivity index (χ0) is 14.0. The van der Waals surface area contributed by atoms with Crippen LogP contribution in [0.25, 0.3) is 0 Å². The normalized spacial score (nSPS) is 11.3. The van der Waals surface area contributed by atoms with Gasteiger partial charge in [-0.15, -0.1) is 0 Å². The number of nitrogens with one attached hydrogen (secondary N) is 1. The lowest BCUT2D eigenvalue weighted by atomic mass is 10.3. The van der Waals surface area contributed by atoms with Crippen molar-refractivity contribution in [2.45, 2.75) is 5.03 Å². The Morgan fingerprint density at radius 1 is 1.05 bits per heavy atom. The summed E-state index contributed by atoms with van der Waals surface area (Å²) in [5.74, 6) is -2.91. The van der Waals surface area contributed by atoms with Gasteiger partial charge in [0.2, 0.25) is 5.03 Å². The number of sulfonamides is 1. The van der Waals surface area contributed by atoms with Crippen molar-refractivity contribution in [1.82, 2.24) is 4.98 Å². The predicted octanol–water partition coefficient (Wildman–Crippen LogP) is 2.30. The molecule has 0 aliphatic heterocycles. The van der Waals surface area contributed by atoms with Crippen molar-refractivity contribution in [3.63, 3.8) is 0 Å². The minimum absolute atomic E-state index is 0.620. The van der Waals surface area contributed by atoms with Gasteiger partial charge < -0.3 is 0 Å². The molecule has 0 aliphatic carbocycles. The van der Waals surface area contributed by atoms with E-state index in [1.807, 2.05) is 0 Å². The summed E-state index contributed by atoms with van der Waals surface area (Å²) in [4.78, 5) is 3.36. The molecule has 0 saturated carbocycles. The molecule has 0 saturated heterocycles. The molecule has 8 heteroatoms. The van der Waals surface area contributed by atoms with Crippen molar-refractivity contribution < 1.29 is 21.6 Å². The van der Waals surface area contributed by atoms with Crippen LogP contribution < -0.4 is 4.72 Å². The van der Waals surface area contributed by atoms with Gasteiger partial charge in [-0.3, -0.25) is 4.72 Å². The number of hydrogen-bond donors (Lipinski definition) is 1. The number of nitrogens with zero attached hydrogens (tertiary/aromatic N) is 1. The molecule has 0 aliphatic rings. The third kappa shape index (κ3) is 2.84. The third-order valence-electron chi connectivity index (χ3n) is 2.15. The maximum Gasteiger partial charge on any atom is 0.282 e. The van der Waals surface area contributed by atoms with E-state index in [2.05, 4.69) is 4.98 Å². The van der Waals surface area contributed by atoms with Gasteiger partial charge in [0.05, 0.1) is 5.69 Å². The number of pyridine rings is 1. The molecule has 100 valence electrons. The molecule has 1 aromatic carbocycles. The van der Waals surface area contributed by atoms with Crippen LogP contribution >= 0.6 is 0 Å². The fourth-order valence-electron chi connectivity index (χ4n) is 1.34. The van der Waals surface area contributed by atoms with Gasteiger partial charge in [-0.25, -0.2) is 18.2 Å². The molecule has 1 heterocycles. The molecule has 0 amide bonds. The summed E-state index contributed by atoms with van der Waals surface area (Å²) in [5.41, 5.74) is -0.620. The first-order valence-electron chi connectivity index (χ1n) is 4.98. The molecule has 0 fully saturated rings. The highest BCUT2D eigenvalue weighted by Crippen LogP contribution is 2.20. The van der Waals surface area contributed by atoms with E-state index in [1.165, 1.54) is 6.07 Å². The molecule has 0 spiro atoms. The van der Waals surface area contributed by atoms with Crippen LogP contribution in [0.4, 0.5) is 18.9 Å². The van der Waals surface area contributed by atoms with E-state index in [0.717, 1.165) is 24.4 Å². The SMILES string of the molecule is O=S(=O)(Nc1cc(F)ccc1F)c1ncccc1F. The summed E-state index contributed by atoms with van der Waals surface area (Å²) >= 11 is 0. The number of benzene rings is 1. The van der Waals surface area contributed by atoms with Gasteiger partial charge in [-0.1, -0.05) is 0 Å². The Balaban J connectivity index is 2.43. The number of hydrogen-bond acceptors (Lipinski definition) is 3. The van der Waals surface area contributed by atoms with E-state index in [0.29, 0.717) is 6.07 Å². The first-order valence-corrected chi connectivity index (χ1v) is 6.47. The highest BCUT2D eigenvalue weighted by Gasteiger charge is 2.22. The van der Waals surface area contributed by atoms with E-state index >= 15 is 0 Å². The number of anilines is 1. The minimum Gasteiger partial charge on any atom is -0.275 e. The van der Waals surface area contributed by atoms with Gasteiger partial charge in [-0.2, -0.15) is 8.42 Å². The maximum absolute atomic E-state index is 13.3. The van der Waals surface area contributed by atoms with Crippen LogP contribution in [-0.2, 0) is 10.0 Å². The Labute approximate surface area is 107 Å². The van der Waals surface area contributed by atoms with Crippen LogP contribution in [0.5, 0.6) is 0 Å². The maximum atomic E-state index is 13.3. The van der Waals surface area contributed by atoms with Gasteiger partial charge in [-0.05, 0) is 24.3 Å². The minimum atomic E-state index is -4.43. The summed E-state index contributed by atoms with van der Waals surface area (Å²) in [7, 11) is -4.43. The van der Waals surface area contributed by atoms with Gasteiger partial charge in [0.15, 0.2) is 5.82 Å². The summed E-state index contributed by atoms with van der Waals surface area (Å²) in [5, 5.41) is -0.890. The van der Waals surface area contributed by atoms with Crippen molar-refractivity contribution in [2.75, 3.05) is 4.72 Å². The van der Waals surface area contributed by atoms with Gasteiger partial charge in [0.25, 0.3) is 10.0 Å². The fraction of sp³-hybridized carbons (Fsp3) is 0. The van der Waals surface area contributed by atoms with E-state index in [-0.39, 0.29) is 0 Å². The Bertz CT molecular complexity index is 720. The van der Waals surface area contributed by atoms with Crippen molar-refractivity contribution in [1.29, 1.82) is 0 Å². The Morgan fingerprint density at radius 2 is 1.79 bits per heavy atom. The van der Waals surface area contributed by atoms with Crippen molar-refractivity contribution in [3.8, 4) is 0 Å². The van der Waals surface area contributed by atoms with E-state index < -0.39 is 38.2 Å². The van der Waals surface area contributed by atoms with Crippen LogP contribution in [0.1, 0.15) is 0 Å². The van der Waals surface area contributed by atoms with E-state index in [1.54, 1.807) is 4.72 Å². The first-order chi connectivity index (χ1) is 8.90. The molecule has 2 rings (SSSR count). The van der Waals surface area contributed by atoms with Crippen LogP contribution in [0, 0.1) is 17.5 Å². The zero-order valence-electron chi connectivity index (χ0n) is 9.27. The summed E-state index contributed by atoms with van der Waals surface area (Å²) < 4.78 is 64.8. The molecular formula is C11H7F3N2O2S. The molecule has 0 atom stereocenters. The van der Waals surface area contributed by atoms with Crippen LogP contribution in [0.15, 0.2) is 41.6 Å². The smallest absolute Gasteiger partial charge is 0.275 e. The van der Waals surface area contributed by atoms with Gasteiger partial charge >= 0.3 is 0 Å². The standard InChI is InChI=1S/C11H7F3N2O2S/c12-7-3-4-8(13)10(6-7)16-19(17,18)11-9(14)2-1-5-15-11/h1-6,16H. The van der Waals surface area contributed by atoms with Gasteiger partial charge in [0.1, 0.15) is 11.6 Å². The molecule has 4 nitrogen and oxygen atoms in total.